The van der Waals surface area contributed by atoms with Gasteiger partial charge in [0.05, 0.1) is 28.2 Å². The van der Waals surface area contributed by atoms with E-state index in [0.717, 1.165) is 11.3 Å². The molecular weight excluding hydrogens is 507 g/mol. The van der Waals surface area contributed by atoms with Crippen LogP contribution in [0.2, 0.25) is 10.0 Å². The second-order valence-corrected chi connectivity index (χ2v) is 10.1. The summed E-state index contributed by atoms with van der Waals surface area (Å²) in [5, 5.41) is 3.30. The van der Waals surface area contributed by atoms with Gasteiger partial charge in [-0.15, -0.1) is 8.78 Å². The second-order valence-electron chi connectivity index (χ2n) is 9.22. The molecule has 0 bridgehead atoms. The molecular formula is C23H15Cl2F2N3O5. The third kappa shape index (κ3) is 2.47. The number of halogens is 4. The Labute approximate surface area is 206 Å². The van der Waals surface area contributed by atoms with Gasteiger partial charge in [-0.05, 0) is 43.7 Å². The highest BCUT2D eigenvalue weighted by atomic mass is 35.5. The van der Waals surface area contributed by atoms with Gasteiger partial charge in [-0.1, -0.05) is 29.3 Å². The van der Waals surface area contributed by atoms with Crippen LogP contribution in [0.3, 0.4) is 0 Å². The summed E-state index contributed by atoms with van der Waals surface area (Å²) in [6.45, 7) is 0.499. The molecule has 5 aliphatic rings. The Kier molecular flexibility index (Phi) is 4.04. The number of nitrogens with zero attached hydrogens (tertiary/aromatic N) is 2. The molecule has 0 saturated carbocycles. The lowest BCUT2D eigenvalue weighted by Crippen LogP contribution is -2.54. The van der Waals surface area contributed by atoms with Crippen molar-refractivity contribution in [3.63, 3.8) is 0 Å². The number of hydrogen-bond donors (Lipinski definition) is 1. The number of fused-ring (bicyclic) bond motifs is 8. The molecule has 0 aromatic heterocycles. The van der Waals surface area contributed by atoms with Gasteiger partial charge >= 0.3 is 6.29 Å². The molecule has 1 spiro atoms. The average Bonchev–Trinajstić information content (AvgIpc) is 3.53. The van der Waals surface area contributed by atoms with E-state index in [2.05, 4.69) is 14.8 Å². The molecule has 2 aromatic rings. The van der Waals surface area contributed by atoms with Gasteiger partial charge in [-0.3, -0.25) is 19.3 Å². The van der Waals surface area contributed by atoms with Gasteiger partial charge in [0.25, 0.3) is 5.91 Å². The maximum absolute atomic E-state index is 14.0. The van der Waals surface area contributed by atoms with Crippen LogP contribution in [-0.4, -0.2) is 41.5 Å². The lowest BCUT2D eigenvalue weighted by Gasteiger charge is -2.36. The number of carbonyl (C=O) groups excluding carboxylic acids is 3. The lowest BCUT2D eigenvalue weighted by molar-refractivity contribution is -0.286. The molecule has 3 saturated heterocycles. The number of imide groups is 1. The summed E-state index contributed by atoms with van der Waals surface area (Å²) in [5.74, 6) is -4.38. The molecule has 12 heteroatoms. The number of ether oxygens (including phenoxy) is 2. The van der Waals surface area contributed by atoms with Crippen molar-refractivity contribution < 1.29 is 32.6 Å². The number of carbonyl (C=O) groups is 3. The number of nitrogens with one attached hydrogen (secondary N) is 1. The van der Waals surface area contributed by atoms with Crippen LogP contribution in [0.15, 0.2) is 30.3 Å². The van der Waals surface area contributed by atoms with E-state index in [4.69, 9.17) is 23.2 Å². The summed E-state index contributed by atoms with van der Waals surface area (Å²) in [5.41, 5.74) is -0.863. The maximum Gasteiger partial charge on any atom is 0.586 e. The average molecular weight is 522 g/mol. The van der Waals surface area contributed by atoms with Crippen LogP contribution >= 0.6 is 23.2 Å². The molecule has 2 aromatic carbocycles. The fourth-order valence-corrected chi connectivity index (χ4v) is 7.14. The molecule has 4 atom stereocenters. The number of rotatable bonds is 1. The number of para-hydroxylation sites is 1. The van der Waals surface area contributed by atoms with E-state index < -0.39 is 53.2 Å². The van der Waals surface area contributed by atoms with E-state index in [-0.39, 0.29) is 21.5 Å². The molecule has 180 valence electrons. The smallest absolute Gasteiger partial charge is 0.395 e. The zero-order valence-electron chi connectivity index (χ0n) is 17.7. The summed E-state index contributed by atoms with van der Waals surface area (Å²) in [6.07, 6.45) is -2.61. The Hall–Kier alpha value is -2.95. The SMILES string of the molecule is O=C1C2C3CCCN3C3(C(=O)Nc4c(Cl)cc(Cl)cc43)C2C(=O)N1c1cccc2c1OC(F)(F)O2. The molecule has 35 heavy (non-hydrogen) atoms. The molecule has 3 amide bonds. The van der Waals surface area contributed by atoms with E-state index in [1.165, 1.54) is 24.3 Å². The fraction of sp³-hybridized carbons (Fsp3) is 0.348. The van der Waals surface area contributed by atoms with Crippen molar-refractivity contribution in [1.29, 1.82) is 0 Å². The molecule has 7 rings (SSSR count). The summed E-state index contributed by atoms with van der Waals surface area (Å²) >= 11 is 12.7. The van der Waals surface area contributed by atoms with Gasteiger partial charge in [-0.2, -0.15) is 0 Å². The first-order valence-electron chi connectivity index (χ1n) is 11.0. The van der Waals surface area contributed by atoms with E-state index in [1.807, 2.05) is 4.90 Å². The number of anilines is 2. The maximum atomic E-state index is 14.0. The van der Waals surface area contributed by atoms with E-state index in [0.29, 0.717) is 24.2 Å². The lowest BCUT2D eigenvalue weighted by atomic mass is 9.75. The van der Waals surface area contributed by atoms with Crippen LogP contribution in [0, 0.1) is 11.8 Å². The number of alkyl halides is 2. The fourth-order valence-electron chi connectivity index (χ4n) is 6.60. The van der Waals surface area contributed by atoms with E-state index >= 15 is 0 Å². The Bertz CT molecular complexity index is 1390. The minimum atomic E-state index is -3.93. The summed E-state index contributed by atoms with van der Waals surface area (Å²) in [6, 6.07) is 6.69. The molecule has 5 aliphatic heterocycles. The number of benzene rings is 2. The van der Waals surface area contributed by atoms with E-state index in [9.17, 15) is 23.2 Å². The van der Waals surface area contributed by atoms with Gasteiger partial charge in [0.15, 0.2) is 11.5 Å². The van der Waals surface area contributed by atoms with Gasteiger partial charge in [-0.25, -0.2) is 4.90 Å². The first-order valence-corrected chi connectivity index (χ1v) is 11.7. The number of hydrogen-bond acceptors (Lipinski definition) is 6. The van der Waals surface area contributed by atoms with Crippen molar-refractivity contribution in [3.05, 3.63) is 45.9 Å². The first kappa shape index (κ1) is 21.3. The monoisotopic (exact) mass is 521 g/mol. The normalized spacial score (nSPS) is 31.8. The zero-order chi connectivity index (χ0) is 24.4. The molecule has 4 unspecified atom stereocenters. The van der Waals surface area contributed by atoms with E-state index in [1.54, 1.807) is 6.07 Å². The molecule has 0 radical (unpaired) electrons. The predicted octanol–water partition coefficient (Wildman–Crippen LogP) is 3.75. The summed E-state index contributed by atoms with van der Waals surface area (Å²) in [7, 11) is 0. The van der Waals surface area contributed by atoms with Crippen LogP contribution < -0.4 is 19.7 Å². The third-order valence-electron chi connectivity index (χ3n) is 7.67. The van der Waals surface area contributed by atoms with Crippen molar-refractivity contribution in [1.82, 2.24) is 4.90 Å². The molecule has 3 fully saturated rings. The van der Waals surface area contributed by atoms with Crippen LogP contribution in [0.25, 0.3) is 0 Å². The van der Waals surface area contributed by atoms with Crippen molar-refractivity contribution in [2.24, 2.45) is 11.8 Å². The Balaban J connectivity index is 1.42. The Morgan fingerprint density at radius 2 is 1.89 bits per heavy atom. The van der Waals surface area contributed by atoms with Crippen molar-refractivity contribution >= 4 is 52.3 Å². The quantitative estimate of drug-likeness (QED) is 0.575. The van der Waals surface area contributed by atoms with Crippen molar-refractivity contribution in [2.45, 2.75) is 30.7 Å². The summed E-state index contributed by atoms with van der Waals surface area (Å²) in [4.78, 5) is 44.3. The Morgan fingerprint density at radius 3 is 2.69 bits per heavy atom. The van der Waals surface area contributed by atoms with Crippen molar-refractivity contribution in [3.8, 4) is 11.5 Å². The van der Waals surface area contributed by atoms with Crippen LogP contribution in [0.5, 0.6) is 11.5 Å². The van der Waals surface area contributed by atoms with Gasteiger partial charge < -0.3 is 14.8 Å². The summed E-state index contributed by atoms with van der Waals surface area (Å²) < 4.78 is 36.8. The standard InChI is InChI=1S/C23H15Cl2F2N3O5/c24-9-7-10-17(11(25)8-9)28-21(33)22(10)16-15(12-4-2-6-29(12)22)19(31)30(20(16)32)13-3-1-5-14-18(13)35-23(26,27)34-14/h1,3,5,7-8,12,15-16H,2,4,6H2,(H,28,33). The molecule has 8 nitrogen and oxygen atoms in total. The van der Waals surface area contributed by atoms with Gasteiger partial charge in [0.2, 0.25) is 11.8 Å². The highest BCUT2D eigenvalue weighted by Crippen LogP contribution is 2.62. The van der Waals surface area contributed by atoms with Gasteiger partial charge in [0, 0.05) is 16.6 Å². The molecule has 1 N–H and O–H groups in total. The second kappa shape index (κ2) is 6.63. The minimum absolute atomic E-state index is 0.147. The van der Waals surface area contributed by atoms with Crippen LogP contribution in [0.4, 0.5) is 20.2 Å². The largest absolute Gasteiger partial charge is 0.586 e. The van der Waals surface area contributed by atoms with Crippen LogP contribution in [0.1, 0.15) is 18.4 Å². The topological polar surface area (TPSA) is 88.2 Å². The third-order valence-corrected chi connectivity index (χ3v) is 8.18. The van der Waals surface area contributed by atoms with Crippen LogP contribution in [-0.2, 0) is 19.9 Å². The molecule has 0 aliphatic carbocycles. The highest BCUT2D eigenvalue weighted by molar-refractivity contribution is 6.38. The Morgan fingerprint density at radius 1 is 1.09 bits per heavy atom. The first-order chi connectivity index (χ1) is 16.6. The predicted molar refractivity (Wildman–Crippen MR) is 119 cm³/mol. The number of amides is 3. The highest BCUT2D eigenvalue weighted by Gasteiger charge is 2.75. The van der Waals surface area contributed by atoms with Crippen molar-refractivity contribution in [2.75, 3.05) is 16.8 Å². The molecule has 5 heterocycles. The zero-order valence-corrected chi connectivity index (χ0v) is 19.2. The minimum Gasteiger partial charge on any atom is -0.395 e. The van der Waals surface area contributed by atoms with Gasteiger partial charge in [0.1, 0.15) is 5.54 Å².